The zero-order valence-electron chi connectivity index (χ0n) is 12.6. The Morgan fingerprint density at radius 2 is 1.62 bits per heavy atom. The lowest BCUT2D eigenvalue weighted by atomic mass is 9.94. The van der Waals surface area contributed by atoms with Gasteiger partial charge in [0, 0.05) is 5.56 Å². The van der Waals surface area contributed by atoms with Crippen LogP contribution < -0.4 is 10.5 Å². The molecule has 21 heavy (non-hydrogen) atoms. The van der Waals surface area contributed by atoms with Gasteiger partial charge in [-0.25, -0.2) is 0 Å². The number of para-hydroxylation sites is 1. The molecule has 2 rings (SSSR count). The molecule has 0 amide bonds. The Hall–Kier alpha value is -1.84. The van der Waals surface area contributed by atoms with Crippen molar-refractivity contribution < 1.29 is 9.84 Å². The highest BCUT2D eigenvalue weighted by Crippen LogP contribution is 2.28. The maximum absolute atomic E-state index is 10.2. The van der Waals surface area contributed by atoms with E-state index in [0.717, 1.165) is 16.9 Å². The van der Waals surface area contributed by atoms with Gasteiger partial charge in [0.15, 0.2) is 0 Å². The van der Waals surface area contributed by atoms with E-state index in [1.54, 1.807) is 0 Å². The fraction of sp³-hybridized carbons (Fsp3) is 0.333. The average Bonchev–Trinajstić information content (AvgIpc) is 2.52. The van der Waals surface area contributed by atoms with Crippen molar-refractivity contribution >= 4 is 0 Å². The molecule has 0 fully saturated rings. The van der Waals surface area contributed by atoms with E-state index >= 15 is 0 Å². The molecular formula is C18H23NO2. The summed E-state index contributed by atoms with van der Waals surface area (Å²) in [5.41, 5.74) is 8.12. The molecule has 2 aromatic carbocycles. The van der Waals surface area contributed by atoms with Crippen molar-refractivity contribution in [3.8, 4) is 5.75 Å². The SMILES string of the molecule is CC(C)[C@H](O)[C@H](N)c1ccccc1OCc1ccccc1. The van der Waals surface area contributed by atoms with Crippen LogP contribution in [-0.2, 0) is 6.61 Å². The molecule has 2 aromatic rings. The molecule has 3 N–H and O–H groups in total. The van der Waals surface area contributed by atoms with E-state index in [2.05, 4.69) is 0 Å². The zero-order valence-corrected chi connectivity index (χ0v) is 12.6. The summed E-state index contributed by atoms with van der Waals surface area (Å²) in [6, 6.07) is 17.2. The van der Waals surface area contributed by atoms with Gasteiger partial charge in [-0.2, -0.15) is 0 Å². The number of rotatable bonds is 6. The molecule has 0 saturated heterocycles. The molecule has 2 atom stereocenters. The third kappa shape index (κ3) is 4.06. The lowest BCUT2D eigenvalue weighted by Crippen LogP contribution is -2.30. The largest absolute Gasteiger partial charge is 0.489 e. The van der Waals surface area contributed by atoms with Crippen molar-refractivity contribution in [2.24, 2.45) is 11.7 Å². The summed E-state index contributed by atoms with van der Waals surface area (Å²) in [6.07, 6.45) is -0.591. The number of ether oxygens (including phenoxy) is 1. The van der Waals surface area contributed by atoms with Gasteiger partial charge in [-0.1, -0.05) is 62.4 Å². The lowest BCUT2D eigenvalue weighted by Gasteiger charge is -2.24. The first-order valence-electron chi connectivity index (χ1n) is 7.29. The Bertz CT molecular complexity index is 554. The number of nitrogens with two attached hydrogens (primary N) is 1. The predicted molar refractivity (Wildman–Crippen MR) is 85.0 cm³/mol. The number of hydrogen-bond acceptors (Lipinski definition) is 3. The summed E-state index contributed by atoms with van der Waals surface area (Å²) in [5.74, 6) is 0.829. The van der Waals surface area contributed by atoms with Crippen LogP contribution in [0.3, 0.4) is 0 Å². The van der Waals surface area contributed by atoms with Crippen molar-refractivity contribution in [2.45, 2.75) is 32.6 Å². The third-order valence-electron chi connectivity index (χ3n) is 3.57. The first kappa shape index (κ1) is 15.5. The van der Waals surface area contributed by atoms with Crippen molar-refractivity contribution in [3.05, 3.63) is 65.7 Å². The maximum atomic E-state index is 10.2. The Morgan fingerprint density at radius 1 is 1.00 bits per heavy atom. The second-order valence-electron chi connectivity index (χ2n) is 5.57. The van der Waals surface area contributed by atoms with Crippen LogP contribution in [-0.4, -0.2) is 11.2 Å². The topological polar surface area (TPSA) is 55.5 Å². The number of hydrogen-bond donors (Lipinski definition) is 2. The quantitative estimate of drug-likeness (QED) is 0.856. The molecule has 0 aliphatic rings. The van der Waals surface area contributed by atoms with Crippen LogP contribution in [0, 0.1) is 5.92 Å². The van der Waals surface area contributed by atoms with Gasteiger partial charge >= 0.3 is 0 Å². The Labute approximate surface area is 126 Å². The van der Waals surface area contributed by atoms with Gasteiger partial charge in [0.1, 0.15) is 12.4 Å². The molecule has 0 aliphatic heterocycles. The van der Waals surface area contributed by atoms with Crippen LogP contribution in [0.2, 0.25) is 0 Å². The molecular weight excluding hydrogens is 262 g/mol. The fourth-order valence-corrected chi connectivity index (χ4v) is 2.22. The van der Waals surface area contributed by atoms with E-state index in [-0.39, 0.29) is 5.92 Å². The number of aliphatic hydroxyl groups is 1. The molecule has 3 heteroatoms. The van der Waals surface area contributed by atoms with Crippen LogP contribution in [0.25, 0.3) is 0 Å². The van der Waals surface area contributed by atoms with E-state index in [1.807, 2.05) is 68.4 Å². The Balaban J connectivity index is 2.13. The van der Waals surface area contributed by atoms with E-state index in [0.29, 0.717) is 6.61 Å². The number of aliphatic hydroxyl groups excluding tert-OH is 1. The minimum atomic E-state index is -0.591. The van der Waals surface area contributed by atoms with Crippen molar-refractivity contribution in [1.82, 2.24) is 0 Å². The monoisotopic (exact) mass is 285 g/mol. The van der Waals surface area contributed by atoms with E-state index in [4.69, 9.17) is 10.5 Å². The molecule has 0 unspecified atom stereocenters. The summed E-state index contributed by atoms with van der Waals surface area (Å²) in [5, 5.41) is 10.2. The summed E-state index contributed by atoms with van der Waals surface area (Å²) >= 11 is 0. The van der Waals surface area contributed by atoms with Gasteiger partial charge < -0.3 is 15.6 Å². The highest BCUT2D eigenvalue weighted by Gasteiger charge is 2.22. The Kier molecular flexibility index (Phi) is 5.37. The van der Waals surface area contributed by atoms with Crippen molar-refractivity contribution in [2.75, 3.05) is 0 Å². The average molecular weight is 285 g/mol. The van der Waals surface area contributed by atoms with Crippen LogP contribution in [0.5, 0.6) is 5.75 Å². The summed E-state index contributed by atoms with van der Waals surface area (Å²) in [7, 11) is 0. The van der Waals surface area contributed by atoms with E-state index < -0.39 is 12.1 Å². The molecule has 0 bridgehead atoms. The highest BCUT2D eigenvalue weighted by molar-refractivity contribution is 5.36. The van der Waals surface area contributed by atoms with Gasteiger partial charge in [-0.15, -0.1) is 0 Å². The van der Waals surface area contributed by atoms with E-state index in [9.17, 15) is 5.11 Å². The van der Waals surface area contributed by atoms with Gasteiger partial charge in [0.2, 0.25) is 0 Å². The maximum Gasteiger partial charge on any atom is 0.124 e. The van der Waals surface area contributed by atoms with Gasteiger partial charge in [0.05, 0.1) is 12.1 Å². The van der Waals surface area contributed by atoms with Crippen LogP contribution in [0.1, 0.15) is 31.0 Å². The second-order valence-corrected chi connectivity index (χ2v) is 5.57. The molecule has 0 radical (unpaired) electrons. The standard InChI is InChI=1S/C18H23NO2/c1-13(2)18(20)17(19)15-10-6-7-11-16(15)21-12-14-8-4-3-5-9-14/h3-11,13,17-18,20H,12,19H2,1-2H3/t17-,18+/m1/s1. The summed E-state index contributed by atoms with van der Waals surface area (Å²) in [6.45, 7) is 4.40. The van der Waals surface area contributed by atoms with Gasteiger partial charge in [-0.3, -0.25) is 0 Å². The van der Waals surface area contributed by atoms with E-state index in [1.165, 1.54) is 0 Å². The minimum Gasteiger partial charge on any atom is -0.489 e. The van der Waals surface area contributed by atoms with Crippen molar-refractivity contribution in [1.29, 1.82) is 0 Å². The lowest BCUT2D eigenvalue weighted by molar-refractivity contribution is 0.0965. The normalized spacial score (nSPS) is 14.0. The molecule has 3 nitrogen and oxygen atoms in total. The molecule has 0 saturated carbocycles. The summed E-state index contributed by atoms with van der Waals surface area (Å²) in [4.78, 5) is 0. The Morgan fingerprint density at radius 3 is 2.29 bits per heavy atom. The third-order valence-corrected chi connectivity index (χ3v) is 3.57. The molecule has 112 valence electrons. The smallest absolute Gasteiger partial charge is 0.124 e. The molecule has 0 aliphatic carbocycles. The minimum absolute atomic E-state index is 0.0992. The number of benzene rings is 2. The van der Waals surface area contributed by atoms with Crippen LogP contribution in [0.4, 0.5) is 0 Å². The summed E-state index contributed by atoms with van der Waals surface area (Å²) < 4.78 is 5.88. The highest BCUT2D eigenvalue weighted by atomic mass is 16.5. The first-order valence-corrected chi connectivity index (χ1v) is 7.29. The predicted octanol–water partition coefficient (Wildman–Crippen LogP) is 3.28. The van der Waals surface area contributed by atoms with Gasteiger partial charge in [-0.05, 0) is 17.5 Å². The fourth-order valence-electron chi connectivity index (χ4n) is 2.22. The van der Waals surface area contributed by atoms with Crippen LogP contribution >= 0.6 is 0 Å². The molecule has 0 spiro atoms. The zero-order chi connectivity index (χ0) is 15.2. The van der Waals surface area contributed by atoms with Crippen molar-refractivity contribution in [3.63, 3.8) is 0 Å². The first-order chi connectivity index (χ1) is 10.1. The molecule has 0 aromatic heterocycles. The second kappa shape index (κ2) is 7.25. The van der Waals surface area contributed by atoms with Gasteiger partial charge in [0.25, 0.3) is 0 Å². The van der Waals surface area contributed by atoms with Crippen LogP contribution in [0.15, 0.2) is 54.6 Å². The molecule has 0 heterocycles.